The second kappa shape index (κ2) is 7.17. The molecule has 0 amide bonds. The van der Waals surface area contributed by atoms with E-state index < -0.39 is 0 Å². The van der Waals surface area contributed by atoms with Gasteiger partial charge < -0.3 is 0 Å². The van der Waals surface area contributed by atoms with Crippen LogP contribution in [0.5, 0.6) is 0 Å². The van der Waals surface area contributed by atoms with Crippen LogP contribution in [0.4, 0.5) is 0 Å². The zero-order valence-corrected chi connectivity index (χ0v) is 9.84. The molecule has 0 bridgehead atoms. The Hall–Kier alpha value is -0.260. The van der Waals surface area contributed by atoms with E-state index in [1.54, 1.807) is 0 Å². The molecule has 0 aliphatic carbocycles. The fraction of sp³-hybridized carbons (Fsp3) is 0.846. The maximum atomic E-state index is 3.81. The molecule has 0 saturated carbocycles. The summed E-state index contributed by atoms with van der Waals surface area (Å²) in [5, 5.41) is 0. The predicted octanol–water partition coefficient (Wildman–Crippen LogP) is 4.66. The Labute approximate surface area is 84.4 Å². The second-order valence-electron chi connectivity index (χ2n) is 4.51. The van der Waals surface area contributed by atoms with Gasteiger partial charge in [-0.25, -0.2) is 0 Å². The van der Waals surface area contributed by atoms with E-state index in [1.165, 1.54) is 25.7 Å². The smallest absolute Gasteiger partial charge is 0.0265 e. The van der Waals surface area contributed by atoms with Crippen molar-refractivity contribution in [1.29, 1.82) is 0 Å². The molecule has 3 atom stereocenters. The highest BCUT2D eigenvalue weighted by atomic mass is 14.2. The molecule has 0 spiro atoms. The summed E-state index contributed by atoms with van der Waals surface area (Å²) in [6.07, 6.45) is 7.43. The Bertz CT molecular complexity index is 126. The summed E-state index contributed by atoms with van der Waals surface area (Å²) < 4.78 is 0. The van der Waals surface area contributed by atoms with Crippen LogP contribution in [0.3, 0.4) is 0 Å². The number of allylic oxidation sites excluding steroid dienone is 1. The summed E-state index contributed by atoms with van der Waals surface area (Å²) in [5.41, 5.74) is 0. The molecule has 0 aromatic carbocycles. The van der Waals surface area contributed by atoms with E-state index in [9.17, 15) is 0 Å². The van der Waals surface area contributed by atoms with Crippen molar-refractivity contribution >= 4 is 0 Å². The molecular formula is C13H26. The van der Waals surface area contributed by atoms with E-state index in [4.69, 9.17) is 0 Å². The highest BCUT2D eigenvalue weighted by Gasteiger charge is 2.09. The van der Waals surface area contributed by atoms with Crippen LogP contribution in [0.25, 0.3) is 0 Å². The first kappa shape index (κ1) is 12.7. The van der Waals surface area contributed by atoms with Crippen LogP contribution in [0, 0.1) is 17.8 Å². The van der Waals surface area contributed by atoms with Crippen LogP contribution < -0.4 is 0 Å². The third-order valence-electron chi connectivity index (χ3n) is 3.34. The van der Waals surface area contributed by atoms with Crippen molar-refractivity contribution in [2.75, 3.05) is 0 Å². The van der Waals surface area contributed by atoms with Crippen LogP contribution in [0.15, 0.2) is 12.7 Å². The van der Waals surface area contributed by atoms with Gasteiger partial charge in [-0.1, -0.05) is 53.0 Å². The van der Waals surface area contributed by atoms with Crippen LogP contribution in [0.1, 0.15) is 53.4 Å². The average molecular weight is 182 g/mol. The molecule has 0 saturated heterocycles. The van der Waals surface area contributed by atoms with Crippen molar-refractivity contribution < 1.29 is 0 Å². The van der Waals surface area contributed by atoms with Gasteiger partial charge in [0.05, 0.1) is 0 Å². The van der Waals surface area contributed by atoms with Gasteiger partial charge in [0.25, 0.3) is 0 Å². The minimum absolute atomic E-state index is 0.698. The summed E-state index contributed by atoms with van der Waals surface area (Å²) in [5.74, 6) is 2.48. The van der Waals surface area contributed by atoms with Gasteiger partial charge in [-0.3, -0.25) is 0 Å². The highest BCUT2D eigenvalue weighted by molar-refractivity contribution is 4.75. The van der Waals surface area contributed by atoms with Crippen LogP contribution >= 0.6 is 0 Å². The predicted molar refractivity (Wildman–Crippen MR) is 61.8 cm³/mol. The molecule has 0 aliphatic heterocycles. The van der Waals surface area contributed by atoms with Gasteiger partial charge in [0.1, 0.15) is 0 Å². The lowest BCUT2D eigenvalue weighted by Crippen LogP contribution is -2.07. The van der Waals surface area contributed by atoms with E-state index in [-0.39, 0.29) is 0 Å². The highest BCUT2D eigenvalue weighted by Crippen LogP contribution is 2.21. The molecule has 78 valence electrons. The summed E-state index contributed by atoms with van der Waals surface area (Å²) in [6.45, 7) is 13.1. The molecule has 0 aromatic rings. The molecule has 0 nitrogen and oxygen atoms in total. The zero-order chi connectivity index (χ0) is 10.3. The van der Waals surface area contributed by atoms with Crippen molar-refractivity contribution in [3.63, 3.8) is 0 Å². The largest absolute Gasteiger partial charge is 0.103 e. The maximum Gasteiger partial charge on any atom is -0.0265 e. The molecule has 0 aromatic heterocycles. The first-order chi connectivity index (χ1) is 6.11. The SMILES string of the molecule is C=CC(C)CCCC(C)C(C)CC. The Morgan fingerprint density at radius 1 is 1.08 bits per heavy atom. The summed E-state index contributed by atoms with van der Waals surface area (Å²) >= 11 is 0. The molecule has 13 heavy (non-hydrogen) atoms. The molecule has 0 heterocycles. The van der Waals surface area contributed by atoms with Crippen molar-refractivity contribution in [1.82, 2.24) is 0 Å². The number of hydrogen-bond donors (Lipinski definition) is 0. The van der Waals surface area contributed by atoms with Crippen molar-refractivity contribution in [2.45, 2.75) is 53.4 Å². The fourth-order valence-electron chi connectivity index (χ4n) is 1.57. The molecule has 0 fully saturated rings. The molecule has 0 rings (SSSR count). The lowest BCUT2D eigenvalue weighted by atomic mass is 9.88. The van der Waals surface area contributed by atoms with Gasteiger partial charge in [0.2, 0.25) is 0 Å². The topological polar surface area (TPSA) is 0 Å². The zero-order valence-electron chi connectivity index (χ0n) is 9.84. The molecule has 0 radical (unpaired) electrons. The van der Waals surface area contributed by atoms with Gasteiger partial charge >= 0.3 is 0 Å². The van der Waals surface area contributed by atoms with Crippen molar-refractivity contribution in [2.24, 2.45) is 17.8 Å². The van der Waals surface area contributed by atoms with Gasteiger partial charge in [-0.2, -0.15) is 0 Å². The van der Waals surface area contributed by atoms with Crippen molar-refractivity contribution in [3.8, 4) is 0 Å². The first-order valence-electron chi connectivity index (χ1n) is 5.74. The quantitative estimate of drug-likeness (QED) is 0.502. The molecule has 0 heteroatoms. The van der Waals surface area contributed by atoms with Gasteiger partial charge in [-0.15, -0.1) is 6.58 Å². The Morgan fingerprint density at radius 3 is 2.15 bits per heavy atom. The van der Waals surface area contributed by atoms with Crippen LogP contribution in [0.2, 0.25) is 0 Å². The standard InChI is InChI=1S/C13H26/c1-6-11(3)9-8-10-13(5)12(4)7-2/h6,11-13H,1,7-10H2,2-5H3. The summed E-state index contributed by atoms with van der Waals surface area (Å²) in [6, 6.07) is 0. The Kier molecular flexibility index (Phi) is 7.03. The summed E-state index contributed by atoms with van der Waals surface area (Å²) in [7, 11) is 0. The molecular weight excluding hydrogens is 156 g/mol. The third-order valence-corrected chi connectivity index (χ3v) is 3.34. The van der Waals surface area contributed by atoms with E-state index in [0.717, 1.165) is 11.8 Å². The lowest BCUT2D eigenvalue weighted by Gasteiger charge is -2.18. The minimum atomic E-state index is 0.698. The van der Waals surface area contributed by atoms with Crippen LogP contribution in [-0.4, -0.2) is 0 Å². The number of rotatable bonds is 7. The Balaban J connectivity index is 3.46. The average Bonchev–Trinajstić information content (AvgIpc) is 2.15. The molecule has 0 N–H and O–H groups in total. The lowest BCUT2D eigenvalue weighted by molar-refractivity contribution is 0.339. The van der Waals surface area contributed by atoms with E-state index in [2.05, 4.69) is 40.3 Å². The maximum absolute atomic E-state index is 3.81. The third kappa shape index (κ3) is 5.90. The molecule has 0 aliphatic rings. The second-order valence-corrected chi connectivity index (χ2v) is 4.51. The fourth-order valence-corrected chi connectivity index (χ4v) is 1.57. The van der Waals surface area contributed by atoms with E-state index in [1.807, 2.05) is 0 Å². The monoisotopic (exact) mass is 182 g/mol. The van der Waals surface area contributed by atoms with Gasteiger partial charge in [0.15, 0.2) is 0 Å². The van der Waals surface area contributed by atoms with Gasteiger partial charge in [-0.05, 0) is 24.2 Å². The number of hydrogen-bond acceptors (Lipinski definition) is 0. The molecule has 3 unspecified atom stereocenters. The van der Waals surface area contributed by atoms with E-state index >= 15 is 0 Å². The minimum Gasteiger partial charge on any atom is -0.103 e. The first-order valence-corrected chi connectivity index (χ1v) is 5.74. The normalized spacial score (nSPS) is 17.8. The van der Waals surface area contributed by atoms with Gasteiger partial charge in [0, 0.05) is 0 Å². The summed E-state index contributed by atoms with van der Waals surface area (Å²) in [4.78, 5) is 0. The Morgan fingerprint density at radius 2 is 1.69 bits per heavy atom. The van der Waals surface area contributed by atoms with Crippen LogP contribution in [-0.2, 0) is 0 Å². The van der Waals surface area contributed by atoms with E-state index in [0.29, 0.717) is 5.92 Å². The van der Waals surface area contributed by atoms with Crippen molar-refractivity contribution in [3.05, 3.63) is 12.7 Å².